The summed E-state index contributed by atoms with van der Waals surface area (Å²) in [7, 11) is 0. The molecule has 0 saturated heterocycles. The van der Waals surface area contributed by atoms with E-state index in [0.717, 1.165) is 5.56 Å². The van der Waals surface area contributed by atoms with Gasteiger partial charge in [-0.05, 0) is 49.7 Å². The fraction of sp³-hybridized carbons (Fsp3) is 0.130. The molecular formula is C23H20ClNO3. The summed E-state index contributed by atoms with van der Waals surface area (Å²) in [6.07, 6.45) is -0.694. The van der Waals surface area contributed by atoms with Gasteiger partial charge in [-0.15, -0.1) is 0 Å². The first kappa shape index (κ1) is 19.6. The van der Waals surface area contributed by atoms with Crippen molar-refractivity contribution in [1.82, 2.24) is 0 Å². The SMILES string of the molecule is Cc1ccccc1C(=O)Nc1cccc(O[C@@H](C)C(=O)c2cccc(Cl)c2)c1. The highest BCUT2D eigenvalue weighted by atomic mass is 35.5. The van der Waals surface area contributed by atoms with Crippen LogP contribution in [-0.4, -0.2) is 17.8 Å². The molecule has 0 heterocycles. The highest BCUT2D eigenvalue weighted by molar-refractivity contribution is 6.31. The zero-order chi connectivity index (χ0) is 20.1. The third-order valence-electron chi connectivity index (χ3n) is 4.27. The number of Topliss-reactive ketones (excluding diaryl/α,β-unsaturated/α-hetero) is 1. The van der Waals surface area contributed by atoms with Crippen LogP contribution in [0.1, 0.15) is 33.2 Å². The van der Waals surface area contributed by atoms with Gasteiger partial charge in [-0.1, -0.05) is 48.0 Å². The number of halogens is 1. The molecule has 1 atom stereocenters. The number of carbonyl (C=O) groups excluding carboxylic acids is 2. The lowest BCUT2D eigenvalue weighted by atomic mass is 10.1. The number of benzene rings is 3. The van der Waals surface area contributed by atoms with Crippen molar-refractivity contribution in [1.29, 1.82) is 0 Å². The number of ether oxygens (including phenoxy) is 1. The number of hydrogen-bond acceptors (Lipinski definition) is 3. The van der Waals surface area contributed by atoms with Crippen molar-refractivity contribution in [2.24, 2.45) is 0 Å². The molecule has 0 bridgehead atoms. The quantitative estimate of drug-likeness (QED) is 0.558. The summed E-state index contributed by atoms with van der Waals surface area (Å²) in [6, 6.07) is 21.1. The topological polar surface area (TPSA) is 55.4 Å². The normalized spacial score (nSPS) is 11.5. The lowest BCUT2D eigenvalue weighted by molar-refractivity contribution is 0.0818. The minimum atomic E-state index is -0.694. The molecule has 0 saturated carbocycles. The minimum absolute atomic E-state index is 0.170. The summed E-state index contributed by atoms with van der Waals surface area (Å²) in [6.45, 7) is 3.57. The van der Waals surface area contributed by atoms with E-state index >= 15 is 0 Å². The van der Waals surface area contributed by atoms with Crippen molar-refractivity contribution >= 4 is 29.0 Å². The molecule has 3 aromatic rings. The smallest absolute Gasteiger partial charge is 0.255 e. The average molecular weight is 394 g/mol. The summed E-state index contributed by atoms with van der Waals surface area (Å²) in [4.78, 5) is 25.0. The van der Waals surface area contributed by atoms with Gasteiger partial charge in [-0.3, -0.25) is 9.59 Å². The van der Waals surface area contributed by atoms with E-state index < -0.39 is 6.10 Å². The van der Waals surface area contributed by atoms with E-state index in [1.807, 2.05) is 25.1 Å². The van der Waals surface area contributed by atoms with Crippen molar-refractivity contribution in [3.63, 3.8) is 0 Å². The van der Waals surface area contributed by atoms with Crippen LogP contribution in [0.5, 0.6) is 5.75 Å². The third-order valence-corrected chi connectivity index (χ3v) is 4.51. The zero-order valence-corrected chi connectivity index (χ0v) is 16.4. The van der Waals surface area contributed by atoms with Crippen LogP contribution in [0, 0.1) is 6.92 Å². The van der Waals surface area contributed by atoms with Gasteiger partial charge in [0.1, 0.15) is 5.75 Å². The summed E-state index contributed by atoms with van der Waals surface area (Å²) < 4.78 is 5.78. The Bertz CT molecular complexity index is 1020. The molecule has 5 heteroatoms. The summed E-state index contributed by atoms with van der Waals surface area (Å²) in [5.74, 6) is 0.126. The van der Waals surface area contributed by atoms with E-state index in [-0.39, 0.29) is 11.7 Å². The summed E-state index contributed by atoms with van der Waals surface area (Å²) in [5.41, 5.74) is 2.59. The standard InChI is InChI=1S/C23H20ClNO3/c1-15-7-3-4-12-21(15)23(27)25-19-10-6-11-20(14-19)28-16(2)22(26)17-8-5-9-18(24)13-17/h3-14,16H,1-2H3,(H,25,27)/t16-/m0/s1. The molecule has 28 heavy (non-hydrogen) atoms. The van der Waals surface area contributed by atoms with Crippen molar-refractivity contribution < 1.29 is 14.3 Å². The highest BCUT2D eigenvalue weighted by Gasteiger charge is 2.17. The summed E-state index contributed by atoms with van der Waals surface area (Å²) >= 11 is 5.95. The zero-order valence-electron chi connectivity index (χ0n) is 15.6. The highest BCUT2D eigenvalue weighted by Crippen LogP contribution is 2.21. The maximum Gasteiger partial charge on any atom is 0.255 e. The maximum absolute atomic E-state index is 12.5. The van der Waals surface area contributed by atoms with Crippen LogP contribution >= 0.6 is 11.6 Å². The van der Waals surface area contributed by atoms with Gasteiger partial charge in [0.15, 0.2) is 6.10 Å². The van der Waals surface area contributed by atoms with Gasteiger partial charge >= 0.3 is 0 Å². The summed E-state index contributed by atoms with van der Waals surface area (Å²) in [5, 5.41) is 3.36. The van der Waals surface area contributed by atoms with Gasteiger partial charge in [0.05, 0.1) is 0 Å². The van der Waals surface area contributed by atoms with E-state index in [2.05, 4.69) is 5.32 Å². The predicted molar refractivity (Wildman–Crippen MR) is 111 cm³/mol. The Morgan fingerprint density at radius 3 is 2.46 bits per heavy atom. The number of aryl methyl sites for hydroxylation is 1. The second-order valence-corrected chi connectivity index (χ2v) is 6.87. The third kappa shape index (κ3) is 4.78. The molecular weight excluding hydrogens is 374 g/mol. The monoisotopic (exact) mass is 393 g/mol. The van der Waals surface area contributed by atoms with E-state index in [9.17, 15) is 9.59 Å². The fourth-order valence-corrected chi connectivity index (χ4v) is 3.00. The van der Waals surface area contributed by atoms with Gasteiger partial charge in [0.25, 0.3) is 5.91 Å². The Kier molecular flexibility index (Phi) is 6.12. The van der Waals surface area contributed by atoms with Gasteiger partial charge < -0.3 is 10.1 Å². The van der Waals surface area contributed by atoms with Gasteiger partial charge in [0, 0.05) is 27.9 Å². The minimum Gasteiger partial charge on any atom is -0.482 e. The Labute approximate surface area is 169 Å². The lowest BCUT2D eigenvalue weighted by Crippen LogP contribution is -2.24. The molecule has 0 spiro atoms. The van der Waals surface area contributed by atoms with Crippen LogP contribution in [0.15, 0.2) is 72.8 Å². The fourth-order valence-electron chi connectivity index (χ4n) is 2.81. The Morgan fingerprint density at radius 1 is 0.964 bits per heavy atom. The van der Waals surface area contributed by atoms with Crippen LogP contribution < -0.4 is 10.1 Å². The number of anilines is 1. The Hall–Kier alpha value is -3.11. The molecule has 0 aliphatic rings. The van der Waals surface area contributed by atoms with Crippen molar-refractivity contribution in [2.45, 2.75) is 20.0 Å². The van der Waals surface area contributed by atoms with Crippen molar-refractivity contribution in [3.8, 4) is 5.75 Å². The average Bonchev–Trinajstić information content (AvgIpc) is 2.68. The number of rotatable bonds is 6. The first-order chi connectivity index (χ1) is 13.4. The van der Waals surface area contributed by atoms with Crippen LogP contribution in [0.4, 0.5) is 5.69 Å². The molecule has 4 nitrogen and oxygen atoms in total. The predicted octanol–water partition coefficient (Wildman–Crippen LogP) is 5.55. The van der Waals surface area contributed by atoms with Crippen LogP contribution in [0.3, 0.4) is 0 Å². The van der Waals surface area contributed by atoms with Gasteiger partial charge in [-0.2, -0.15) is 0 Å². The van der Waals surface area contributed by atoms with Gasteiger partial charge in [-0.25, -0.2) is 0 Å². The first-order valence-corrected chi connectivity index (χ1v) is 9.25. The molecule has 0 fully saturated rings. The van der Waals surface area contributed by atoms with E-state index in [0.29, 0.717) is 27.6 Å². The maximum atomic E-state index is 12.5. The molecule has 0 unspecified atom stereocenters. The van der Waals surface area contributed by atoms with Crippen molar-refractivity contribution in [3.05, 3.63) is 94.5 Å². The van der Waals surface area contributed by atoms with Crippen LogP contribution in [0.2, 0.25) is 5.02 Å². The second-order valence-electron chi connectivity index (χ2n) is 6.43. The molecule has 1 N–H and O–H groups in total. The number of amides is 1. The largest absolute Gasteiger partial charge is 0.482 e. The number of carbonyl (C=O) groups is 2. The molecule has 0 radical (unpaired) electrons. The molecule has 142 valence electrons. The molecule has 0 aromatic heterocycles. The Morgan fingerprint density at radius 2 is 1.71 bits per heavy atom. The van der Waals surface area contributed by atoms with Crippen LogP contribution in [0.25, 0.3) is 0 Å². The second kappa shape index (κ2) is 8.72. The molecule has 1 amide bonds. The van der Waals surface area contributed by atoms with E-state index in [1.165, 1.54) is 0 Å². The lowest BCUT2D eigenvalue weighted by Gasteiger charge is -2.15. The van der Waals surface area contributed by atoms with E-state index in [1.54, 1.807) is 61.5 Å². The first-order valence-electron chi connectivity index (χ1n) is 8.87. The van der Waals surface area contributed by atoms with Crippen molar-refractivity contribution in [2.75, 3.05) is 5.32 Å². The Balaban J connectivity index is 1.70. The molecule has 0 aliphatic heterocycles. The molecule has 0 aliphatic carbocycles. The number of ketones is 1. The number of nitrogens with one attached hydrogen (secondary N) is 1. The van der Waals surface area contributed by atoms with Crippen LogP contribution in [-0.2, 0) is 0 Å². The molecule has 3 aromatic carbocycles. The molecule has 3 rings (SSSR count). The van der Waals surface area contributed by atoms with Gasteiger partial charge in [0.2, 0.25) is 5.78 Å². The number of hydrogen-bond donors (Lipinski definition) is 1. The van der Waals surface area contributed by atoms with E-state index in [4.69, 9.17) is 16.3 Å².